The lowest BCUT2D eigenvalue weighted by atomic mass is 10.2. The highest BCUT2D eigenvalue weighted by atomic mass is 19.4. The molecule has 0 radical (unpaired) electrons. The molecule has 2 aromatic rings. The Balaban J connectivity index is 1.85. The molecule has 4 nitrogen and oxygen atoms in total. The summed E-state index contributed by atoms with van der Waals surface area (Å²) < 4.78 is 43.2. The van der Waals surface area contributed by atoms with Crippen LogP contribution in [0.15, 0.2) is 48.7 Å². The molecular formula is C17H13F3N2O2. The predicted octanol–water partition coefficient (Wildman–Crippen LogP) is 3.38. The highest BCUT2D eigenvalue weighted by Crippen LogP contribution is 2.30. The molecule has 124 valence electrons. The number of hydrogen-bond acceptors (Lipinski definition) is 3. The summed E-state index contributed by atoms with van der Waals surface area (Å²) in [6, 6.07) is 11.2. The van der Waals surface area contributed by atoms with Gasteiger partial charge in [-0.2, -0.15) is 13.2 Å². The number of ether oxygens (including phenoxy) is 1. The van der Waals surface area contributed by atoms with E-state index in [4.69, 9.17) is 4.74 Å². The topological polar surface area (TPSA) is 51.2 Å². The normalized spacial score (nSPS) is 10.5. The number of carbonyl (C=O) groups is 1. The molecule has 24 heavy (non-hydrogen) atoms. The molecule has 0 saturated carbocycles. The molecule has 0 unspecified atom stereocenters. The van der Waals surface area contributed by atoms with E-state index in [1.165, 1.54) is 12.3 Å². The Labute approximate surface area is 136 Å². The number of nitrogens with zero attached hydrogens (tertiary/aromatic N) is 1. The second-order valence-corrected chi connectivity index (χ2v) is 4.61. The molecule has 2 rings (SSSR count). The smallest absolute Gasteiger partial charge is 0.419 e. The van der Waals surface area contributed by atoms with E-state index in [9.17, 15) is 18.0 Å². The summed E-state index contributed by atoms with van der Waals surface area (Å²) >= 11 is 0. The number of rotatable bonds is 3. The number of benzene rings is 1. The average molecular weight is 334 g/mol. The molecule has 0 saturated heterocycles. The maximum Gasteiger partial charge on any atom is 0.419 e. The van der Waals surface area contributed by atoms with Gasteiger partial charge >= 0.3 is 12.3 Å². The van der Waals surface area contributed by atoms with Crippen LogP contribution in [0.25, 0.3) is 0 Å². The van der Waals surface area contributed by atoms with Gasteiger partial charge in [-0.25, -0.2) is 9.78 Å². The third kappa shape index (κ3) is 5.32. The summed E-state index contributed by atoms with van der Waals surface area (Å²) in [7, 11) is 0. The summed E-state index contributed by atoms with van der Waals surface area (Å²) in [4.78, 5) is 15.1. The van der Waals surface area contributed by atoms with Crippen LogP contribution in [-0.4, -0.2) is 17.6 Å². The van der Waals surface area contributed by atoms with Crippen molar-refractivity contribution in [2.45, 2.75) is 12.8 Å². The van der Waals surface area contributed by atoms with Gasteiger partial charge in [-0.15, -0.1) is 0 Å². The van der Waals surface area contributed by atoms with E-state index in [0.717, 1.165) is 11.6 Å². The molecule has 1 aromatic heterocycles. The summed E-state index contributed by atoms with van der Waals surface area (Å²) in [6.45, 7) is -0.0555. The van der Waals surface area contributed by atoms with Crippen LogP contribution >= 0.6 is 0 Å². The minimum Gasteiger partial charge on any atom is -0.445 e. The number of hydrogen-bond donors (Lipinski definition) is 1. The van der Waals surface area contributed by atoms with Crippen LogP contribution in [-0.2, 0) is 17.5 Å². The number of aromatic nitrogens is 1. The summed E-state index contributed by atoms with van der Waals surface area (Å²) in [5.41, 5.74) is -0.476. The fraction of sp³-hybridized carbons (Fsp3) is 0.176. The number of halogens is 3. The van der Waals surface area contributed by atoms with Crippen LogP contribution in [0.3, 0.4) is 0 Å². The molecule has 0 aliphatic carbocycles. The standard InChI is InChI=1S/C17H13F3N2O2/c18-17(19,20)14-8-4-10-21-15(14)9-5-11-22-16(23)24-12-13-6-2-1-3-7-13/h1-4,6-8,10H,11-12H2,(H,22,23). The Bertz CT molecular complexity index is 750. The van der Waals surface area contributed by atoms with Gasteiger partial charge in [-0.1, -0.05) is 36.3 Å². The van der Waals surface area contributed by atoms with Crippen molar-refractivity contribution in [1.82, 2.24) is 10.3 Å². The third-order valence-electron chi connectivity index (χ3n) is 2.85. The van der Waals surface area contributed by atoms with E-state index in [1.54, 1.807) is 12.1 Å². The molecule has 7 heteroatoms. The lowest BCUT2D eigenvalue weighted by Gasteiger charge is -2.07. The van der Waals surface area contributed by atoms with Crippen LogP contribution < -0.4 is 5.32 Å². The second-order valence-electron chi connectivity index (χ2n) is 4.61. The number of carbonyl (C=O) groups excluding carboxylic acids is 1. The van der Waals surface area contributed by atoms with Crippen LogP contribution in [0.1, 0.15) is 16.8 Å². The number of alkyl carbamates (subject to hydrolysis) is 1. The summed E-state index contributed by atoms with van der Waals surface area (Å²) in [5, 5.41) is 2.34. The first kappa shape index (κ1) is 17.3. The Hall–Kier alpha value is -3.01. The molecule has 1 heterocycles. The van der Waals surface area contributed by atoms with Crippen molar-refractivity contribution in [2.75, 3.05) is 6.54 Å². The van der Waals surface area contributed by atoms with Gasteiger partial charge in [0.15, 0.2) is 0 Å². The molecular weight excluding hydrogens is 321 g/mol. The van der Waals surface area contributed by atoms with Gasteiger partial charge in [0.2, 0.25) is 0 Å². The van der Waals surface area contributed by atoms with E-state index in [2.05, 4.69) is 22.1 Å². The van der Waals surface area contributed by atoms with E-state index in [-0.39, 0.29) is 18.8 Å². The largest absolute Gasteiger partial charge is 0.445 e. The minimum absolute atomic E-state index is 0.0958. The molecule has 0 fully saturated rings. The monoisotopic (exact) mass is 334 g/mol. The predicted molar refractivity (Wildman–Crippen MR) is 80.7 cm³/mol. The molecule has 1 N–H and O–H groups in total. The number of amides is 1. The fourth-order valence-corrected chi connectivity index (χ4v) is 1.75. The van der Waals surface area contributed by atoms with Gasteiger partial charge in [-0.3, -0.25) is 0 Å². The summed E-state index contributed by atoms with van der Waals surface area (Å²) in [5.74, 6) is 4.72. The van der Waals surface area contributed by atoms with E-state index >= 15 is 0 Å². The van der Waals surface area contributed by atoms with Crippen LogP contribution in [0.5, 0.6) is 0 Å². The van der Waals surface area contributed by atoms with Crippen molar-refractivity contribution in [3.63, 3.8) is 0 Å². The highest BCUT2D eigenvalue weighted by Gasteiger charge is 2.33. The molecule has 0 aliphatic rings. The summed E-state index contributed by atoms with van der Waals surface area (Å²) in [6.07, 6.45) is -4.01. The lowest BCUT2D eigenvalue weighted by Crippen LogP contribution is -2.24. The molecule has 1 amide bonds. The van der Waals surface area contributed by atoms with Gasteiger partial charge in [0, 0.05) is 6.20 Å². The first-order valence-corrected chi connectivity index (χ1v) is 6.92. The van der Waals surface area contributed by atoms with Gasteiger partial charge in [0.05, 0.1) is 12.1 Å². The Morgan fingerprint density at radius 3 is 2.62 bits per heavy atom. The van der Waals surface area contributed by atoms with E-state index in [0.29, 0.717) is 0 Å². The quantitative estimate of drug-likeness (QED) is 0.876. The van der Waals surface area contributed by atoms with Crippen molar-refractivity contribution in [1.29, 1.82) is 0 Å². The van der Waals surface area contributed by atoms with Crippen molar-refractivity contribution < 1.29 is 22.7 Å². The third-order valence-corrected chi connectivity index (χ3v) is 2.85. The zero-order chi connectivity index (χ0) is 17.4. The second kappa shape index (κ2) is 8.02. The number of pyridine rings is 1. The van der Waals surface area contributed by atoms with Crippen LogP contribution in [0.2, 0.25) is 0 Å². The first-order chi connectivity index (χ1) is 11.5. The zero-order valence-electron chi connectivity index (χ0n) is 12.4. The van der Waals surface area contributed by atoms with E-state index < -0.39 is 17.8 Å². The minimum atomic E-state index is -4.53. The van der Waals surface area contributed by atoms with Gasteiger partial charge in [-0.05, 0) is 23.6 Å². The van der Waals surface area contributed by atoms with Crippen molar-refractivity contribution in [3.05, 3.63) is 65.5 Å². The lowest BCUT2D eigenvalue weighted by molar-refractivity contribution is -0.138. The zero-order valence-corrected chi connectivity index (χ0v) is 12.4. The maximum absolute atomic E-state index is 12.7. The highest BCUT2D eigenvalue weighted by molar-refractivity contribution is 5.67. The number of nitrogens with one attached hydrogen (secondary N) is 1. The van der Waals surface area contributed by atoms with Crippen LogP contribution in [0, 0.1) is 11.8 Å². The average Bonchev–Trinajstić information content (AvgIpc) is 2.57. The molecule has 0 bridgehead atoms. The van der Waals surface area contributed by atoms with Crippen molar-refractivity contribution >= 4 is 6.09 Å². The SMILES string of the molecule is O=C(NCC#Cc1ncccc1C(F)(F)F)OCc1ccccc1. The van der Waals surface area contributed by atoms with Crippen LogP contribution in [0.4, 0.5) is 18.0 Å². The Kier molecular flexibility index (Phi) is 5.79. The van der Waals surface area contributed by atoms with Gasteiger partial charge in [0.25, 0.3) is 0 Å². The van der Waals surface area contributed by atoms with E-state index in [1.807, 2.05) is 18.2 Å². The number of alkyl halides is 3. The van der Waals surface area contributed by atoms with Crippen molar-refractivity contribution in [2.24, 2.45) is 0 Å². The molecule has 0 spiro atoms. The first-order valence-electron chi connectivity index (χ1n) is 6.92. The Morgan fingerprint density at radius 1 is 1.17 bits per heavy atom. The molecule has 1 aromatic carbocycles. The fourth-order valence-electron chi connectivity index (χ4n) is 1.75. The van der Waals surface area contributed by atoms with Crippen molar-refractivity contribution in [3.8, 4) is 11.8 Å². The Morgan fingerprint density at radius 2 is 1.92 bits per heavy atom. The van der Waals surface area contributed by atoms with Gasteiger partial charge < -0.3 is 10.1 Å². The molecule has 0 atom stereocenters. The van der Waals surface area contributed by atoms with Gasteiger partial charge in [0.1, 0.15) is 12.3 Å². The maximum atomic E-state index is 12.7. The molecule has 0 aliphatic heterocycles.